The van der Waals surface area contributed by atoms with Gasteiger partial charge in [0, 0.05) is 13.6 Å². The largest absolute Gasteiger partial charge is 0.350 e. The summed E-state index contributed by atoms with van der Waals surface area (Å²) >= 11 is 7.40. The first-order valence-electron chi connectivity index (χ1n) is 6.05. The second-order valence-corrected chi connectivity index (χ2v) is 6.46. The molecule has 0 spiro atoms. The van der Waals surface area contributed by atoms with E-state index in [2.05, 4.69) is 24.3 Å². The van der Waals surface area contributed by atoms with Crippen LogP contribution in [0.4, 0.5) is 0 Å². The van der Waals surface area contributed by atoms with E-state index in [9.17, 15) is 4.79 Å². The lowest BCUT2D eigenvalue weighted by Gasteiger charge is -2.04. The van der Waals surface area contributed by atoms with E-state index in [4.69, 9.17) is 11.6 Å². The molecule has 19 heavy (non-hydrogen) atoms. The highest BCUT2D eigenvalue weighted by molar-refractivity contribution is 7.19. The van der Waals surface area contributed by atoms with Gasteiger partial charge in [0.15, 0.2) is 5.69 Å². The van der Waals surface area contributed by atoms with Gasteiger partial charge >= 0.3 is 0 Å². The number of carbonyl (C=O) groups is 1. The van der Waals surface area contributed by atoms with E-state index < -0.39 is 0 Å². The fraction of sp³-hybridized carbons (Fsp3) is 0.385. The number of aryl methyl sites for hydroxylation is 1. The molecule has 0 atom stereocenters. The van der Waals surface area contributed by atoms with Crippen LogP contribution in [0.2, 0.25) is 4.34 Å². The molecule has 4 nitrogen and oxygen atoms in total. The number of thiophene rings is 1. The van der Waals surface area contributed by atoms with Crippen molar-refractivity contribution >= 4 is 28.8 Å². The molecule has 0 saturated heterocycles. The van der Waals surface area contributed by atoms with Crippen LogP contribution < -0.4 is 5.32 Å². The summed E-state index contributed by atoms with van der Waals surface area (Å²) < 4.78 is 2.42. The van der Waals surface area contributed by atoms with Crippen molar-refractivity contribution in [3.05, 3.63) is 28.2 Å². The Morgan fingerprint density at radius 3 is 2.84 bits per heavy atom. The van der Waals surface area contributed by atoms with Gasteiger partial charge in [0.2, 0.25) is 0 Å². The van der Waals surface area contributed by atoms with E-state index >= 15 is 0 Å². The second kappa shape index (κ2) is 5.75. The topological polar surface area (TPSA) is 46.9 Å². The molecular weight excluding hydrogens is 282 g/mol. The zero-order valence-electron chi connectivity index (χ0n) is 11.1. The Bertz CT molecular complexity index is 588. The maximum Gasteiger partial charge on any atom is 0.271 e. The summed E-state index contributed by atoms with van der Waals surface area (Å²) in [6.45, 7) is 4.76. The van der Waals surface area contributed by atoms with E-state index in [1.165, 1.54) is 11.3 Å². The summed E-state index contributed by atoms with van der Waals surface area (Å²) in [4.78, 5) is 12.9. The van der Waals surface area contributed by atoms with Crippen molar-refractivity contribution in [1.82, 2.24) is 15.1 Å². The van der Waals surface area contributed by atoms with Gasteiger partial charge in [-0.1, -0.05) is 25.4 Å². The Labute approximate surface area is 121 Å². The van der Waals surface area contributed by atoms with Gasteiger partial charge in [0.25, 0.3) is 5.91 Å². The molecule has 0 aliphatic rings. The van der Waals surface area contributed by atoms with Crippen molar-refractivity contribution in [2.24, 2.45) is 13.0 Å². The standard InChI is InChI=1S/C13H16ClN3OS/c1-8(2)7-15-13(18)9-6-10(17(3)16-9)11-4-5-12(14)19-11/h4-6,8H,7H2,1-3H3,(H,15,18). The molecule has 2 aromatic rings. The molecule has 102 valence electrons. The molecule has 2 heterocycles. The van der Waals surface area contributed by atoms with E-state index in [1.54, 1.807) is 10.7 Å². The summed E-state index contributed by atoms with van der Waals surface area (Å²) in [5.74, 6) is 0.279. The van der Waals surface area contributed by atoms with E-state index in [0.29, 0.717) is 18.2 Å². The van der Waals surface area contributed by atoms with Gasteiger partial charge in [0.05, 0.1) is 14.9 Å². The molecule has 0 aliphatic heterocycles. The van der Waals surface area contributed by atoms with Gasteiger partial charge in [0.1, 0.15) is 0 Å². The summed E-state index contributed by atoms with van der Waals surface area (Å²) in [6.07, 6.45) is 0. The van der Waals surface area contributed by atoms with Crippen molar-refractivity contribution in [3.63, 3.8) is 0 Å². The number of nitrogens with zero attached hydrogens (tertiary/aromatic N) is 2. The van der Waals surface area contributed by atoms with Crippen LogP contribution >= 0.6 is 22.9 Å². The van der Waals surface area contributed by atoms with Gasteiger partial charge in [-0.15, -0.1) is 11.3 Å². The summed E-state index contributed by atoms with van der Waals surface area (Å²) in [6, 6.07) is 5.56. The molecule has 0 radical (unpaired) electrons. The molecular formula is C13H16ClN3OS. The van der Waals surface area contributed by atoms with Gasteiger partial charge in [-0.25, -0.2) is 0 Å². The monoisotopic (exact) mass is 297 g/mol. The van der Waals surface area contributed by atoms with Crippen molar-refractivity contribution in [1.29, 1.82) is 0 Å². The predicted octanol–water partition coefficient (Wildman–Crippen LogP) is 3.19. The number of halogens is 1. The number of carbonyl (C=O) groups excluding carboxylic acids is 1. The highest BCUT2D eigenvalue weighted by Gasteiger charge is 2.15. The number of rotatable bonds is 4. The second-order valence-electron chi connectivity index (χ2n) is 4.75. The lowest BCUT2D eigenvalue weighted by Crippen LogP contribution is -2.27. The van der Waals surface area contributed by atoms with Gasteiger partial charge in [-0.05, 0) is 24.1 Å². The first kappa shape index (κ1) is 14.1. The average molecular weight is 298 g/mol. The molecule has 2 rings (SSSR count). The van der Waals surface area contributed by atoms with Crippen LogP contribution in [-0.4, -0.2) is 22.2 Å². The summed E-state index contributed by atoms with van der Waals surface area (Å²) in [5.41, 5.74) is 1.33. The van der Waals surface area contributed by atoms with Crippen molar-refractivity contribution in [3.8, 4) is 10.6 Å². The van der Waals surface area contributed by atoms with Crippen LogP contribution in [0.5, 0.6) is 0 Å². The van der Waals surface area contributed by atoms with Crippen molar-refractivity contribution in [2.45, 2.75) is 13.8 Å². The number of nitrogens with one attached hydrogen (secondary N) is 1. The Balaban J connectivity index is 2.19. The summed E-state index contributed by atoms with van der Waals surface area (Å²) in [7, 11) is 1.82. The van der Waals surface area contributed by atoms with Crippen LogP contribution in [-0.2, 0) is 7.05 Å². The third-order valence-electron chi connectivity index (χ3n) is 2.61. The lowest BCUT2D eigenvalue weighted by atomic mass is 10.2. The Morgan fingerprint density at radius 1 is 1.53 bits per heavy atom. The van der Waals surface area contributed by atoms with Crippen LogP contribution in [0.15, 0.2) is 18.2 Å². The highest BCUT2D eigenvalue weighted by atomic mass is 35.5. The minimum Gasteiger partial charge on any atom is -0.350 e. The minimum atomic E-state index is -0.141. The van der Waals surface area contributed by atoms with Gasteiger partial charge in [-0.2, -0.15) is 5.10 Å². The number of amides is 1. The maximum atomic E-state index is 11.9. The molecule has 1 N–H and O–H groups in total. The Hall–Kier alpha value is -1.33. The fourth-order valence-corrected chi connectivity index (χ4v) is 2.74. The third kappa shape index (κ3) is 3.36. The minimum absolute atomic E-state index is 0.141. The quantitative estimate of drug-likeness (QED) is 0.942. The first-order valence-corrected chi connectivity index (χ1v) is 7.24. The van der Waals surface area contributed by atoms with Crippen LogP contribution in [0, 0.1) is 5.92 Å². The smallest absolute Gasteiger partial charge is 0.271 e. The predicted molar refractivity (Wildman–Crippen MR) is 78.7 cm³/mol. The SMILES string of the molecule is CC(C)CNC(=O)c1cc(-c2ccc(Cl)s2)n(C)n1. The normalized spacial score (nSPS) is 11.0. The first-order chi connectivity index (χ1) is 8.97. The molecule has 6 heteroatoms. The molecule has 2 aromatic heterocycles. The molecule has 0 fully saturated rings. The summed E-state index contributed by atoms with van der Waals surface area (Å²) in [5, 5.41) is 7.10. The van der Waals surface area contributed by atoms with Gasteiger partial charge < -0.3 is 5.32 Å². The van der Waals surface area contributed by atoms with Crippen LogP contribution in [0.25, 0.3) is 10.6 Å². The zero-order chi connectivity index (χ0) is 14.0. The number of hydrogen-bond donors (Lipinski definition) is 1. The maximum absolute atomic E-state index is 11.9. The zero-order valence-corrected chi connectivity index (χ0v) is 12.7. The molecule has 0 aromatic carbocycles. The van der Waals surface area contributed by atoms with E-state index in [1.807, 2.05) is 19.2 Å². The molecule has 0 aliphatic carbocycles. The number of hydrogen-bond acceptors (Lipinski definition) is 3. The Morgan fingerprint density at radius 2 is 2.26 bits per heavy atom. The molecule has 0 bridgehead atoms. The molecule has 0 saturated carbocycles. The average Bonchev–Trinajstić information content (AvgIpc) is 2.92. The number of aromatic nitrogens is 2. The van der Waals surface area contributed by atoms with Crippen molar-refractivity contribution in [2.75, 3.05) is 6.54 Å². The van der Waals surface area contributed by atoms with E-state index in [-0.39, 0.29) is 5.91 Å². The Kier molecular flexibility index (Phi) is 4.27. The van der Waals surface area contributed by atoms with Crippen molar-refractivity contribution < 1.29 is 4.79 Å². The third-order valence-corrected chi connectivity index (χ3v) is 3.86. The van der Waals surface area contributed by atoms with Crippen LogP contribution in [0.3, 0.4) is 0 Å². The van der Waals surface area contributed by atoms with Crippen LogP contribution in [0.1, 0.15) is 24.3 Å². The highest BCUT2D eigenvalue weighted by Crippen LogP contribution is 2.30. The van der Waals surface area contributed by atoms with E-state index in [0.717, 1.165) is 14.9 Å². The lowest BCUT2D eigenvalue weighted by molar-refractivity contribution is 0.0943. The molecule has 1 amide bonds. The van der Waals surface area contributed by atoms with Gasteiger partial charge in [-0.3, -0.25) is 9.48 Å². The molecule has 0 unspecified atom stereocenters. The fourth-order valence-electron chi connectivity index (χ4n) is 1.65.